The van der Waals surface area contributed by atoms with E-state index in [4.69, 9.17) is 16.2 Å². The third kappa shape index (κ3) is 4.11. The molecule has 0 bridgehead atoms. The van der Waals surface area contributed by atoms with Gasteiger partial charge in [-0.3, -0.25) is 0 Å². The maximum Gasteiger partial charge on any atom is 0.221 e. The van der Waals surface area contributed by atoms with Crippen molar-refractivity contribution < 1.29 is 4.74 Å². The molecule has 5 rings (SSSR count). The predicted molar refractivity (Wildman–Crippen MR) is 124 cm³/mol. The van der Waals surface area contributed by atoms with Gasteiger partial charge in [-0.25, -0.2) is 4.98 Å². The molecule has 2 aromatic heterocycles. The van der Waals surface area contributed by atoms with E-state index in [0.717, 1.165) is 59.2 Å². The summed E-state index contributed by atoms with van der Waals surface area (Å²) in [6.45, 7) is 0.536. The van der Waals surface area contributed by atoms with Crippen molar-refractivity contribution in [1.29, 1.82) is 0 Å². The van der Waals surface area contributed by atoms with Gasteiger partial charge >= 0.3 is 0 Å². The van der Waals surface area contributed by atoms with Crippen LogP contribution in [0.4, 0.5) is 5.95 Å². The third-order valence-corrected chi connectivity index (χ3v) is 6.12. The van der Waals surface area contributed by atoms with Crippen LogP contribution in [-0.4, -0.2) is 20.6 Å². The van der Waals surface area contributed by atoms with Crippen LogP contribution in [-0.2, 0) is 6.61 Å². The van der Waals surface area contributed by atoms with Gasteiger partial charge in [0.15, 0.2) is 0 Å². The van der Waals surface area contributed by atoms with Crippen molar-refractivity contribution in [2.45, 2.75) is 44.4 Å². The van der Waals surface area contributed by atoms with Gasteiger partial charge in [-0.2, -0.15) is 4.98 Å². The molecule has 6 heteroatoms. The summed E-state index contributed by atoms with van der Waals surface area (Å²) >= 11 is 0. The Morgan fingerprint density at radius 2 is 1.81 bits per heavy atom. The molecule has 6 nitrogen and oxygen atoms in total. The number of nitrogens with two attached hydrogens (primary N) is 2. The number of aromatic nitrogens is 3. The summed E-state index contributed by atoms with van der Waals surface area (Å²) in [4.78, 5) is 8.85. The first-order chi connectivity index (χ1) is 15.2. The number of hydrogen-bond donors (Lipinski definition) is 2. The zero-order chi connectivity index (χ0) is 21.2. The number of ether oxygens (including phenoxy) is 1. The Kier molecular flexibility index (Phi) is 5.30. The summed E-state index contributed by atoms with van der Waals surface area (Å²) in [5.74, 6) is 1.13. The maximum atomic E-state index is 6.13. The zero-order valence-electron chi connectivity index (χ0n) is 17.4. The number of hydrogen-bond acceptors (Lipinski definition) is 5. The molecule has 0 unspecified atom stereocenters. The van der Waals surface area contributed by atoms with E-state index in [0.29, 0.717) is 24.6 Å². The van der Waals surface area contributed by atoms with Gasteiger partial charge in [-0.1, -0.05) is 42.5 Å². The highest BCUT2D eigenvalue weighted by Crippen LogP contribution is 2.37. The lowest BCUT2D eigenvalue weighted by Crippen LogP contribution is -2.27. The Hall–Kier alpha value is -3.38. The summed E-state index contributed by atoms with van der Waals surface area (Å²) in [7, 11) is 0. The fraction of sp³-hybridized carbons (Fsp3) is 0.280. The Labute approximate surface area is 181 Å². The average Bonchev–Trinajstić information content (AvgIpc) is 3.18. The molecular formula is C25H27N5O. The number of nitrogen functional groups attached to an aromatic ring is 1. The fourth-order valence-corrected chi connectivity index (χ4v) is 4.43. The fourth-order valence-electron chi connectivity index (χ4n) is 4.43. The van der Waals surface area contributed by atoms with Gasteiger partial charge in [0, 0.05) is 35.4 Å². The first-order valence-electron chi connectivity index (χ1n) is 10.8. The molecule has 2 aromatic carbocycles. The van der Waals surface area contributed by atoms with Crippen LogP contribution in [0.2, 0.25) is 0 Å². The largest absolute Gasteiger partial charge is 0.489 e. The van der Waals surface area contributed by atoms with Crippen molar-refractivity contribution in [3.63, 3.8) is 0 Å². The molecule has 1 saturated carbocycles. The highest BCUT2D eigenvalue weighted by atomic mass is 16.5. The second-order valence-electron chi connectivity index (χ2n) is 8.29. The minimum atomic E-state index is 0.297. The normalized spacial score (nSPS) is 18.9. The summed E-state index contributed by atoms with van der Waals surface area (Å²) in [5, 5.41) is 1.00. The second-order valence-corrected chi connectivity index (χ2v) is 8.29. The van der Waals surface area contributed by atoms with Gasteiger partial charge in [0.2, 0.25) is 5.95 Å². The summed E-state index contributed by atoms with van der Waals surface area (Å²) in [5.41, 5.74) is 16.3. The van der Waals surface area contributed by atoms with Crippen LogP contribution in [0.5, 0.6) is 5.75 Å². The molecule has 2 heterocycles. The van der Waals surface area contributed by atoms with Crippen molar-refractivity contribution in [1.82, 2.24) is 14.5 Å². The maximum absolute atomic E-state index is 6.13. The third-order valence-electron chi connectivity index (χ3n) is 6.12. The van der Waals surface area contributed by atoms with Crippen molar-refractivity contribution in [2.75, 3.05) is 5.73 Å². The van der Waals surface area contributed by atoms with E-state index in [9.17, 15) is 0 Å². The average molecular weight is 414 g/mol. The molecule has 1 aliphatic rings. The van der Waals surface area contributed by atoms with Crippen molar-refractivity contribution in [3.05, 3.63) is 72.6 Å². The minimum absolute atomic E-state index is 0.297. The first kappa shape index (κ1) is 19.6. The Morgan fingerprint density at radius 1 is 1.00 bits per heavy atom. The highest BCUT2D eigenvalue weighted by molar-refractivity contribution is 5.94. The van der Waals surface area contributed by atoms with E-state index < -0.39 is 0 Å². The summed E-state index contributed by atoms with van der Waals surface area (Å²) in [6.07, 6.45) is 8.18. The minimum Gasteiger partial charge on any atom is -0.489 e. The van der Waals surface area contributed by atoms with Gasteiger partial charge in [0.05, 0.1) is 0 Å². The van der Waals surface area contributed by atoms with Crippen LogP contribution in [0.15, 0.2) is 67.0 Å². The molecule has 1 fully saturated rings. The van der Waals surface area contributed by atoms with E-state index in [2.05, 4.69) is 45.0 Å². The topological polar surface area (TPSA) is 92.0 Å². The van der Waals surface area contributed by atoms with Gasteiger partial charge in [0.1, 0.15) is 18.0 Å². The molecule has 0 spiro atoms. The lowest BCUT2D eigenvalue weighted by atomic mass is 9.92. The molecule has 4 aromatic rings. The van der Waals surface area contributed by atoms with E-state index in [1.807, 2.05) is 36.5 Å². The van der Waals surface area contributed by atoms with Crippen LogP contribution >= 0.6 is 0 Å². The smallest absolute Gasteiger partial charge is 0.221 e. The second kappa shape index (κ2) is 8.40. The quantitative estimate of drug-likeness (QED) is 0.495. The molecule has 158 valence electrons. The number of nitrogens with zero attached hydrogens (tertiary/aromatic N) is 3. The zero-order valence-corrected chi connectivity index (χ0v) is 17.4. The molecule has 0 radical (unpaired) electrons. The Morgan fingerprint density at radius 3 is 2.61 bits per heavy atom. The van der Waals surface area contributed by atoms with Crippen molar-refractivity contribution in [3.8, 4) is 16.9 Å². The van der Waals surface area contributed by atoms with Crippen molar-refractivity contribution in [2.24, 2.45) is 5.73 Å². The summed E-state index contributed by atoms with van der Waals surface area (Å²) in [6, 6.07) is 19.1. The molecule has 0 atom stereocenters. The lowest BCUT2D eigenvalue weighted by molar-refractivity contribution is 0.306. The number of rotatable bonds is 5. The molecule has 1 aliphatic carbocycles. The number of anilines is 1. The van der Waals surface area contributed by atoms with Gasteiger partial charge in [-0.15, -0.1) is 0 Å². The van der Waals surface area contributed by atoms with Crippen LogP contribution in [0.25, 0.3) is 22.2 Å². The lowest BCUT2D eigenvalue weighted by Gasteiger charge is -2.27. The SMILES string of the molecule is Nc1ncc2c(-c3cccc(OCc4ccccc4)c3)cn(C3CCC(N)CC3)c2n1. The standard InChI is InChI=1S/C25H27N5O/c26-19-9-11-20(12-10-19)30-15-23(22-14-28-25(27)29-24(22)30)18-7-4-8-21(13-18)31-16-17-5-2-1-3-6-17/h1-8,13-15,19-20H,9-12,16,26H2,(H2,27,28,29). The van der Waals surface area contributed by atoms with E-state index in [-0.39, 0.29) is 0 Å². The van der Waals surface area contributed by atoms with Gasteiger partial charge in [0.25, 0.3) is 0 Å². The summed E-state index contributed by atoms with van der Waals surface area (Å²) < 4.78 is 8.32. The van der Waals surface area contributed by atoms with Crippen molar-refractivity contribution >= 4 is 17.0 Å². The molecule has 4 N–H and O–H groups in total. The predicted octanol–water partition coefficient (Wildman–Crippen LogP) is 4.70. The number of benzene rings is 2. The highest BCUT2D eigenvalue weighted by Gasteiger charge is 2.23. The first-order valence-corrected chi connectivity index (χ1v) is 10.8. The van der Waals surface area contributed by atoms with E-state index in [1.54, 1.807) is 0 Å². The Bertz CT molecular complexity index is 1180. The number of fused-ring (bicyclic) bond motifs is 1. The molecule has 0 aliphatic heterocycles. The van der Waals surface area contributed by atoms with E-state index in [1.165, 1.54) is 0 Å². The van der Waals surface area contributed by atoms with Gasteiger partial charge < -0.3 is 20.8 Å². The van der Waals surface area contributed by atoms with Crippen LogP contribution in [0, 0.1) is 0 Å². The van der Waals surface area contributed by atoms with Crippen LogP contribution in [0.1, 0.15) is 37.3 Å². The monoisotopic (exact) mass is 413 g/mol. The molecule has 0 amide bonds. The van der Waals surface area contributed by atoms with Gasteiger partial charge in [-0.05, 0) is 48.9 Å². The molecular weight excluding hydrogens is 386 g/mol. The van der Waals surface area contributed by atoms with Crippen LogP contribution < -0.4 is 16.2 Å². The molecule has 31 heavy (non-hydrogen) atoms. The van der Waals surface area contributed by atoms with Crippen LogP contribution in [0.3, 0.4) is 0 Å². The Balaban J connectivity index is 1.48. The molecule has 0 saturated heterocycles. The van der Waals surface area contributed by atoms with E-state index >= 15 is 0 Å².